The van der Waals surface area contributed by atoms with Crippen LogP contribution in [-0.2, 0) is 27.4 Å². The van der Waals surface area contributed by atoms with Gasteiger partial charge in [-0.25, -0.2) is 13.2 Å². The standard InChI is InChI=1S/C17H14F3NO6S/c18-17(19,20)12-5-1-10(2-6-12)9-14(16(24)25)21-28(26,27)13-7-3-11(4-8-13)15(22)23/h1-8,14,21H,9H2,(H,22,23)(H,24,25)/t14-/m1/s1. The third-order valence-corrected chi connectivity index (χ3v) is 5.22. The number of alkyl halides is 3. The van der Waals surface area contributed by atoms with E-state index in [1.807, 2.05) is 4.72 Å². The average molecular weight is 417 g/mol. The highest BCUT2D eigenvalue weighted by atomic mass is 32.2. The second kappa shape index (κ2) is 7.98. The zero-order valence-electron chi connectivity index (χ0n) is 14.0. The van der Waals surface area contributed by atoms with E-state index in [1.165, 1.54) is 0 Å². The first-order valence-corrected chi connectivity index (χ1v) is 9.13. The van der Waals surface area contributed by atoms with E-state index in [0.29, 0.717) is 0 Å². The minimum absolute atomic E-state index is 0.154. The van der Waals surface area contributed by atoms with Crippen LogP contribution in [0.2, 0.25) is 0 Å². The van der Waals surface area contributed by atoms with Gasteiger partial charge in [0.05, 0.1) is 16.0 Å². The van der Waals surface area contributed by atoms with Crippen LogP contribution in [0.1, 0.15) is 21.5 Å². The van der Waals surface area contributed by atoms with Crippen LogP contribution in [0.4, 0.5) is 13.2 Å². The molecule has 0 heterocycles. The molecule has 0 aromatic heterocycles. The summed E-state index contributed by atoms with van der Waals surface area (Å²) in [5.41, 5.74) is -0.884. The minimum atomic E-state index is -4.55. The molecule has 0 aliphatic heterocycles. The fourth-order valence-electron chi connectivity index (χ4n) is 2.28. The molecule has 150 valence electrons. The molecule has 0 radical (unpaired) electrons. The number of carboxylic acid groups (broad SMARTS) is 2. The topological polar surface area (TPSA) is 121 Å². The van der Waals surface area contributed by atoms with Gasteiger partial charge in [-0.2, -0.15) is 17.9 Å². The summed E-state index contributed by atoms with van der Waals surface area (Å²) < 4.78 is 64.3. The van der Waals surface area contributed by atoms with Crippen LogP contribution in [0.15, 0.2) is 53.4 Å². The van der Waals surface area contributed by atoms with Crippen LogP contribution in [0.25, 0.3) is 0 Å². The minimum Gasteiger partial charge on any atom is -0.480 e. The van der Waals surface area contributed by atoms with Crippen LogP contribution >= 0.6 is 0 Å². The highest BCUT2D eigenvalue weighted by Crippen LogP contribution is 2.29. The largest absolute Gasteiger partial charge is 0.480 e. The van der Waals surface area contributed by atoms with Gasteiger partial charge < -0.3 is 10.2 Å². The summed E-state index contributed by atoms with van der Waals surface area (Å²) in [4.78, 5) is 21.9. The number of carboxylic acids is 2. The molecule has 0 saturated carbocycles. The number of sulfonamides is 1. The molecule has 1 atom stereocenters. The number of rotatable bonds is 7. The molecular weight excluding hydrogens is 403 g/mol. The van der Waals surface area contributed by atoms with Crippen molar-refractivity contribution in [2.24, 2.45) is 0 Å². The van der Waals surface area contributed by atoms with Gasteiger partial charge in [0.1, 0.15) is 6.04 Å². The van der Waals surface area contributed by atoms with Gasteiger partial charge in [-0.1, -0.05) is 12.1 Å². The Morgan fingerprint density at radius 3 is 1.93 bits per heavy atom. The molecule has 3 N–H and O–H groups in total. The third kappa shape index (κ3) is 5.30. The van der Waals surface area contributed by atoms with Crippen molar-refractivity contribution in [1.29, 1.82) is 0 Å². The molecule has 0 saturated heterocycles. The molecule has 11 heteroatoms. The third-order valence-electron chi connectivity index (χ3n) is 3.73. The molecule has 2 rings (SSSR count). The van der Waals surface area contributed by atoms with Crippen LogP contribution < -0.4 is 4.72 Å². The van der Waals surface area contributed by atoms with Gasteiger partial charge in [0.25, 0.3) is 0 Å². The molecule has 0 aliphatic rings. The fraction of sp³-hybridized carbons (Fsp3) is 0.176. The fourth-order valence-corrected chi connectivity index (χ4v) is 3.47. The number of halogens is 3. The summed E-state index contributed by atoms with van der Waals surface area (Å²) in [7, 11) is -4.30. The maximum absolute atomic E-state index is 12.6. The predicted octanol–water partition coefficient (Wildman–Crippen LogP) is 2.38. The van der Waals surface area contributed by atoms with Gasteiger partial charge in [-0.15, -0.1) is 0 Å². The summed E-state index contributed by atoms with van der Waals surface area (Å²) in [6, 6.07) is 6.13. The summed E-state index contributed by atoms with van der Waals surface area (Å²) in [5.74, 6) is -2.78. The van der Waals surface area contributed by atoms with Crippen molar-refractivity contribution < 1.29 is 41.4 Å². The SMILES string of the molecule is O=C(O)c1ccc(S(=O)(=O)N[C@H](Cc2ccc(C(F)(F)F)cc2)C(=O)O)cc1. The predicted molar refractivity (Wildman–Crippen MR) is 90.3 cm³/mol. The van der Waals surface area contributed by atoms with Crippen molar-refractivity contribution in [2.45, 2.75) is 23.5 Å². The maximum Gasteiger partial charge on any atom is 0.416 e. The lowest BCUT2D eigenvalue weighted by molar-refractivity contribution is -0.139. The van der Waals surface area contributed by atoms with Crippen molar-refractivity contribution >= 4 is 22.0 Å². The molecule has 2 aromatic rings. The highest BCUT2D eigenvalue weighted by molar-refractivity contribution is 7.89. The summed E-state index contributed by atoms with van der Waals surface area (Å²) in [6.07, 6.45) is -4.94. The number of hydrogen-bond acceptors (Lipinski definition) is 4. The Bertz CT molecular complexity index is 969. The van der Waals surface area contributed by atoms with E-state index in [9.17, 15) is 36.3 Å². The van der Waals surface area contributed by atoms with Crippen molar-refractivity contribution in [2.75, 3.05) is 0 Å². The lowest BCUT2D eigenvalue weighted by atomic mass is 10.0. The van der Waals surface area contributed by atoms with E-state index >= 15 is 0 Å². The smallest absolute Gasteiger partial charge is 0.416 e. The van der Waals surface area contributed by atoms with Crippen LogP contribution in [-0.4, -0.2) is 36.6 Å². The molecule has 0 spiro atoms. The number of aromatic carboxylic acids is 1. The average Bonchev–Trinajstić information content (AvgIpc) is 2.60. The lowest BCUT2D eigenvalue weighted by Gasteiger charge is -2.15. The Labute approximate surface area is 157 Å². The Morgan fingerprint density at radius 1 is 0.964 bits per heavy atom. The maximum atomic E-state index is 12.6. The van der Waals surface area contributed by atoms with E-state index in [2.05, 4.69) is 0 Å². The van der Waals surface area contributed by atoms with E-state index in [1.54, 1.807) is 0 Å². The number of aliphatic carboxylic acids is 1. The van der Waals surface area contributed by atoms with Crippen molar-refractivity contribution in [1.82, 2.24) is 4.72 Å². The normalized spacial score (nSPS) is 13.1. The van der Waals surface area contributed by atoms with E-state index in [0.717, 1.165) is 48.5 Å². The van der Waals surface area contributed by atoms with Crippen LogP contribution in [0.3, 0.4) is 0 Å². The van der Waals surface area contributed by atoms with E-state index in [4.69, 9.17) is 5.11 Å². The summed E-state index contributed by atoms with van der Waals surface area (Å²) in [6.45, 7) is 0. The zero-order valence-corrected chi connectivity index (χ0v) is 14.8. The molecule has 0 fully saturated rings. The van der Waals surface area contributed by atoms with Crippen LogP contribution in [0.5, 0.6) is 0 Å². The second-order valence-corrected chi connectivity index (χ2v) is 7.45. The Hall–Kier alpha value is -2.92. The number of benzene rings is 2. The Balaban J connectivity index is 2.19. The number of hydrogen-bond donors (Lipinski definition) is 3. The number of carbonyl (C=O) groups is 2. The zero-order chi connectivity index (χ0) is 21.1. The van der Waals surface area contributed by atoms with Gasteiger partial charge in [0.15, 0.2) is 0 Å². The Kier molecular flexibility index (Phi) is 6.10. The number of nitrogens with one attached hydrogen (secondary N) is 1. The first-order valence-electron chi connectivity index (χ1n) is 7.65. The van der Waals surface area contributed by atoms with Crippen molar-refractivity contribution in [3.05, 3.63) is 65.2 Å². The van der Waals surface area contributed by atoms with Gasteiger partial charge in [-0.05, 0) is 48.4 Å². The van der Waals surface area contributed by atoms with Crippen LogP contribution in [0, 0.1) is 0 Å². The lowest BCUT2D eigenvalue weighted by Crippen LogP contribution is -2.42. The first-order chi connectivity index (χ1) is 12.9. The molecule has 2 aromatic carbocycles. The van der Waals surface area contributed by atoms with Gasteiger partial charge in [0, 0.05) is 0 Å². The first kappa shape index (κ1) is 21.4. The van der Waals surface area contributed by atoms with Gasteiger partial charge in [-0.3, -0.25) is 4.79 Å². The molecule has 0 unspecified atom stereocenters. The highest BCUT2D eigenvalue weighted by Gasteiger charge is 2.30. The second-order valence-electron chi connectivity index (χ2n) is 5.74. The molecule has 0 bridgehead atoms. The van der Waals surface area contributed by atoms with Crippen molar-refractivity contribution in [3.8, 4) is 0 Å². The Morgan fingerprint density at radius 2 is 1.50 bits per heavy atom. The van der Waals surface area contributed by atoms with E-state index in [-0.39, 0.29) is 22.4 Å². The quantitative estimate of drug-likeness (QED) is 0.636. The van der Waals surface area contributed by atoms with Crippen molar-refractivity contribution in [3.63, 3.8) is 0 Å². The summed E-state index contributed by atoms with van der Waals surface area (Å²) >= 11 is 0. The van der Waals surface area contributed by atoms with Gasteiger partial charge >= 0.3 is 18.1 Å². The molecule has 7 nitrogen and oxygen atoms in total. The molecule has 0 amide bonds. The monoisotopic (exact) mass is 417 g/mol. The molecule has 28 heavy (non-hydrogen) atoms. The van der Waals surface area contributed by atoms with Gasteiger partial charge in [0.2, 0.25) is 10.0 Å². The molecule has 0 aliphatic carbocycles. The molecular formula is C17H14F3NO6S. The summed E-state index contributed by atoms with van der Waals surface area (Å²) in [5, 5.41) is 18.1. The van der Waals surface area contributed by atoms with E-state index < -0.39 is 39.7 Å².